The molecule has 0 saturated heterocycles. The standard InChI is InChI=1S/C33H22NO/c35-30(23-8-2-1-3-9-23)21-34-20-19-22-7-4-5-12-27(22)33(34)29-18-16-26-14-13-24-10-6-11-25-15-17-28(29)32(26)31(24)25/h1-20H,21H2/q+1. The quantitative estimate of drug-likeness (QED) is 0.154. The molecule has 0 saturated carbocycles. The van der Waals surface area contributed by atoms with Gasteiger partial charge in [0, 0.05) is 11.6 Å². The van der Waals surface area contributed by atoms with Crippen LogP contribution >= 0.6 is 0 Å². The van der Waals surface area contributed by atoms with Crippen molar-refractivity contribution in [2.45, 2.75) is 6.54 Å². The summed E-state index contributed by atoms with van der Waals surface area (Å²) in [7, 11) is 0. The molecule has 7 aromatic rings. The van der Waals surface area contributed by atoms with Crippen LogP contribution in [-0.2, 0) is 6.54 Å². The second-order valence-electron chi connectivity index (χ2n) is 9.14. The Hall–Kier alpha value is -4.56. The first kappa shape index (κ1) is 19.9. The zero-order valence-corrected chi connectivity index (χ0v) is 19.1. The summed E-state index contributed by atoms with van der Waals surface area (Å²) in [6, 6.07) is 39.9. The minimum Gasteiger partial charge on any atom is -0.287 e. The van der Waals surface area contributed by atoms with Gasteiger partial charge in [-0.1, -0.05) is 97.1 Å². The van der Waals surface area contributed by atoms with Crippen molar-refractivity contribution in [3.63, 3.8) is 0 Å². The van der Waals surface area contributed by atoms with Crippen LogP contribution in [0.5, 0.6) is 0 Å². The van der Waals surface area contributed by atoms with Crippen LogP contribution in [0.1, 0.15) is 10.4 Å². The van der Waals surface area contributed by atoms with Crippen LogP contribution in [0.2, 0.25) is 0 Å². The average molecular weight is 449 g/mol. The smallest absolute Gasteiger partial charge is 0.227 e. The molecule has 0 N–H and O–H groups in total. The second-order valence-corrected chi connectivity index (χ2v) is 9.14. The summed E-state index contributed by atoms with van der Waals surface area (Å²) in [6.45, 7) is 0.284. The van der Waals surface area contributed by atoms with Crippen LogP contribution in [-0.4, -0.2) is 5.78 Å². The van der Waals surface area contributed by atoms with Gasteiger partial charge in [0.15, 0.2) is 6.20 Å². The molecule has 0 aliphatic heterocycles. The van der Waals surface area contributed by atoms with Crippen molar-refractivity contribution >= 4 is 48.9 Å². The van der Waals surface area contributed by atoms with Crippen LogP contribution in [0.3, 0.4) is 0 Å². The van der Waals surface area contributed by atoms with E-state index in [9.17, 15) is 4.79 Å². The van der Waals surface area contributed by atoms with E-state index in [1.54, 1.807) is 0 Å². The third-order valence-corrected chi connectivity index (χ3v) is 7.13. The summed E-state index contributed by atoms with van der Waals surface area (Å²) in [5.74, 6) is 0.102. The number of Topliss-reactive ketones (excluding diaryl/α,β-unsaturated/α-hetero) is 1. The molecule has 1 heterocycles. The number of ketones is 1. The number of hydrogen-bond acceptors (Lipinski definition) is 1. The van der Waals surface area contributed by atoms with Crippen molar-refractivity contribution in [1.29, 1.82) is 0 Å². The Morgan fingerprint density at radius 1 is 0.543 bits per heavy atom. The average Bonchev–Trinajstić information content (AvgIpc) is 2.92. The van der Waals surface area contributed by atoms with E-state index in [0.29, 0.717) is 0 Å². The van der Waals surface area contributed by atoms with Gasteiger partial charge in [0.1, 0.15) is 0 Å². The minimum atomic E-state index is 0.102. The van der Waals surface area contributed by atoms with Crippen molar-refractivity contribution in [3.05, 3.63) is 127 Å². The lowest BCUT2D eigenvalue weighted by atomic mass is 9.90. The fraction of sp³-hybridized carbons (Fsp3) is 0.0303. The van der Waals surface area contributed by atoms with Gasteiger partial charge in [-0.2, -0.15) is 4.57 Å². The second kappa shape index (κ2) is 7.75. The fourth-order valence-electron chi connectivity index (χ4n) is 5.50. The number of carbonyl (C=O) groups excluding carboxylic acids is 1. The van der Waals surface area contributed by atoms with Gasteiger partial charge in [0.2, 0.25) is 18.0 Å². The maximum Gasteiger partial charge on any atom is 0.227 e. The molecule has 164 valence electrons. The lowest BCUT2D eigenvalue weighted by molar-refractivity contribution is -0.671. The van der Waals surface area contributed by atoms with Crippen LogP contribution in [0.25, 0.3) is 54.3 Å². The Morgan fingerprint density at radius 3 is 2.03 bits per heavy atom. The number of nitrogens with zero attached hydrogens (tertiary/aromatic N) is 1. The first-order valence-electron chi connectivity index (χ1n) is 11.9. The van der Waals surface area contributed by atoms with Crippen LogP contribution in [0, 0.1) is 0 Å². The Kier molecular flexibility index (Phi) is 4.40. The maximum atomic E-state index is 13.3. The number of carbonyl (C=O) groups is 1. The SMILES string of the molecule is O=C(C[n+]1ccc2ccccc2c1-c1ccc2ccc3cccc4ccc1c2c34)c1ccccc1. The zero-order valence-electron chi connectivity index (χ0n) is 19.1. The molecule has 0 radical (unpaired) electrons. The topological polar surface area (TPSA) is 20.9 Å². The number of benzene rings is 6. The summed E-state index contributed by atoms with van der Waals surface area (Å²) >= 11 is 0. The molecular weight excluding hydrogens is 426 g/mol. The summed E-state index contributed by atoms with van der Waals surface area (Å²) in [4.78, 5) is 13.3. The van der Waals surface area contributed by atoms with Crippen molar-refractivity contribution in [2.75, 3.05) is 0 Å². The number of fused-ring (bicyclic) bond motifs is 1. The zero-order chi connectivity index (χ0) is 23.4. The normalized spacial score (nSPS) is 11.7. The molecule has 2 nitrogen and oxygen atoms in total. The highest BCUT2D eigenvalue weighted by atomic mass is 16.1. The Balaban J connectivity index is 1.53. The number of hydrogen-bond donors (Lipinski definition) is 0. The van der Waals surface area contributed by atoms with E-state index >= 15 is 0 Å². The van der Waals surface area contributed by atoms with Crippen molar-refractivity contribution in [3.8, 4) is 11.3 Å². The fourth-order valence-corrected chi connectivity index (χ4v) is 5.50. The van der Waals surface area contributed by atoms with E-state index < -0.39 is 0 Å². The van der Waals surface area contributed by atoms with Gasteiger partial charge >= 0.3 is 0 Å². The highest BCUT2D eigenvalue weighted by Crippen LogP contribution is 2.39. The molecule has 0 aliphatic rings. The summed E-state index contributed by atoms with van der Waals surface area (Å²) < 4.78 is 2.11. The highest BCUT2D eigenvalue weighted by molar-refractivity contribution is 6.25. The monoisotopic (exact) mass is 448 g/mol. The molecule has 0 spiro atoms. The molecule has 6 aromatic carbocycles. The lowest BCUT2D eigenvalue weighted by Gasteiger charge is -2.14. The molecule has 0 atom stereocenters. The van der Waals surface area contributed by atoms with Gasteiger partial charge < -0.3 is 0 Å². The van der Waals surface area contributed by atoms with Gasteiger partial charge in [-0.25, -0.2) is 0 Å². The first-order valence-corrected chi connectivity index (χ1v) is 11.9. The van der Waals surface area contributed by atoms with Crippen molar-refractivity contribution in [2.24, 2.45) is 0 Å². The summed E-state index contributed by atoms with van der Waals surface area (Å²) in [5.41, 5.74) is 2.95. The number of pyridine rings is 1. The van der Waals surface area contributed by atoms with E-state index in [2.05, 4.69) is 95.7 Å². The molecule has 0 unspecified atom stereocenters. The van der Waals surface area contributed by atoms with E-state index in [0.717, 1.165) is 27.6 Å². The summed E-state index contributed by atoms with van der Waals surface area (Å²) in [5, 5.41) is 9.85. The molecule has 0 fully saturated rings. The molecule has 0 bridgehead atoms. The van der Waals surface area contributed by atoms with E-state index in [-0.39, 0.29) is 12.3 Å². The predicted octanol–water partition coefficient (Wildman–Crippen LogP) is 7.57. The number of rotatable bonds is 4. The van der Waals surface area contributed by atoms with E-state index in [1.165, 1.54) is 32.3 Å². The molecule has 35 heavy (non-hydrogen) atoms. The third kappa shape index (κ3) is 3.11. The molecular formula is C33H22NO+. The molecule has 2 heteroatoms. The van der Waals surface area contributed by atoms with Crippen LogP contribution in [0.4, 0.5) is 0 Å². The van der Waals surface area contributed by atoms with E-state index in [4.69, 9.17) is 0 Å². The Labute approximate surface area is 203 Å². The minimum absolute atomic E-state index is 0.102. The highest BCUT2D eigenvalue weighted by Gasteiger charge is 2.23. The van der Waals surface area contributed by atoms with Gasteiger partial charge in [0.25, 0.3) is 0 Å². The van der Waals surface area contributed by atoms with Gasteiger partial charge in [-0.05, 0) is 49.8 Å². The largest absolute Gasteiger partial charge is 0.287 e. The Morgan fingerprint density at radius 2 is 1.20 bits per heavy atom. The van der Waals surface area contributed by atoms with Crippen LogP contribution in [0.15, 0.2) is 121 Å². The van der Waals surface area contributed by atoms with Gasteiger partial charge in [-0.3, -0.25) is 4.79 Å². The molecule has 0 aliphatic carbocycles. The van der Waals surface area contributed by atoms with Gasteiger partial charge in [-0.15, -0.1) is 0 Å². The van der Waals surface area contributed by atoms with E-state index in [1.807, 2.05) is 30.3 Å². The lowest BCUT2D eigenvalue weighted by Crippen LogP contribution is -2.40. The van der Waals surface area contributed by atoms with Crippen molar-refractivity contribution in [1.82, 2.24) is 0 Å². The van der Waals surface area contributed by atoms with Gasteiger partial charge in [0.05, 0.1) is 10.9 Å². The maximum absolute atomic E-state index is 13.3. The van der Waals surface area contributed by atoms with Crippen molar-refractivity contribution < 1.29 is 9.36 Å². The Bertz CT molecular complexity index is 1870. The number of aromatic nitrogens is 1. The summed E-state index contributed by atoms with van der Waals surface area (Å²) in [6.07, 6.45) is 2.05. The third-order valence-electron chi connectivity index (χ3n) is 7.13. The molecule has 0 amide bonds. The molecule has 7 rings (SSSR count). The molecule has 1 aromatic heterocycles. The first-order chi connectivity index (χ1) is 17.3. The predicted molar refractivity (Wildman–Crippen MR) is 144 cm³/mol. The van der Waals surface area contributed by atoms with Crippen LogP contribution < -0.4 is 4.57 Å².